The van der Waals surface area contributed by atoms with Crippen molar-refractivity contribution in [3.8, 4) is 0 Å². The van der Waals surface area contributed by atoms with Crippen molar-refractivity contribution < 1.29 is 0 Å². The zero-order valence-electron chi connectivity index (χ0n) is 7.84. The van der Waals surface area contributed by atoms with Gasteiger partial charge in [0, 0.05) is 0 Å². The van der Waals surface area contributed by atoms with Gasteiger partial charge in [-0.15, -0.1) is 0 Å². The van der Waals surface area contributed by atoms with Gasteiger partial charge in [-0.25, -0.2) is 0 Å². The van der Waals surface area contributed by atoms with Gasteiger partial charge in [0.05, 0.1) is 0 Å². The standard InChI is InChI=1S/C10H21N/c1-8-3-5-10(7-11)6-4-9(8)2/h8-10H,3-7,11H2,1-2H3/t8-,9?,10?/m1/s1. The minimum Gasteiger partial charge on any atom is -0.330 e. The fourth-order valence-corrected chi connectivity index (χ4v) is 1.95. The van der Waals surface area contributed by atoms with Crippen LogP contribution in [0.1, 0.15) is 39.5 Å². The molecule has 1 aliphatic carbocycles. The van der Waals surface area contributed by atoms with Gasteiger partial charge < -0.3 is 5.73 Å². The second kappa shape index (κ2) is 4.10. The average Bonchev–Trinajstić information content (AvgIpc) is 2.16. The smallest absolute Gasteiger partial charge is 0.00489 e. The number of nitrogens with two attached hydrogens (primary N) is 1. The highest BCUT2D eigenvalue weighted by molar-refractivity contribution is 4.72. The number of hydrogen-bond donors (Lipinski definition) is 1. The van der Waals surface area contributed by atoms with E-state index < -0.39 is 0 Å². The summed E-state index contributed by atoms with van der Waals surface area (Å²) in [4.78, 5) is 0. The van der Waals surface area contributed by atoms with Crippen molar-refractivity contribution in [2.45, 2.75) is 39.5 Å². The van der Waals surface area contributed by atoms with Crippen molar-refractivity contribution in [1.29, 1.82) is 0 Å². The van der Waals surface area contributed by atoms with Crippen LogP contribution in [-0.2, 0) is 0 Å². The molecule has 0 aliphatic heterocycles. The molecule has 0 bridgehead atoms. The Morgan fingerprint density at radius 2 is 1.45 bits per heavy atom. The highest BCUT2D eigenvalue weighted by Gasteiger charge is 2.20. The van der Waals surface area contributed by atoms with Crippen LogP contribution in [0.4, 0.5) is 0 Å². The Morgan fingerprint density at radius 3 is 1.82 bits per heavy atom. The maximum absolute atomic E-state index is 5.66. The maximum Gasteiger partial charge on any atom is -0.00489 e. The van der Waals surface area contributed by atoms with E-state index in [1.165, 1.54) is 25.7 Å². The van der Waals surface area contributed by atoms with Crippen molar-refractivity contribution in [2.24, 2.45) is 23.5 Å². The summed E-state index contributed by atoms with van der Waals surface area (Å²) in [7, 11) is 0. The maximum atomic E-state index is 5.66. The van der Waals surface area contributed by atoms with Gasteiger partial charge in [-0.05, 0) is 37.1 Å². The van der Waals surface area contributed by atoms with E-state index >= 15 is 0 Å². The third-order valence-corrected chi connectivity index (χ3v) is 3.37. The molecule has 3 atom stereocenters. The van der Waals surface area contributed by atoms with E-state index in [2.05, 4.69) is 13.8 Å². The minimum absolute atomic E-state index is 0.822. The van der Waals surface area contributed by atoms with E-state index in [-0.39, 0.29) is 0 Å². The fraction of sp³-hybridized carbons (Fsp3) is 1.00. The lowest BCUT2D eigenvalue weighted by atomic mass is 9.92. The first-order valence-electron chi connectivity index (χ1n) is 4.94. The number of hydrogen-bond acceptors (Lipinski definition) is 1. The Bertz CT molecular complexity index is 99.4. The van der Waals surface area contributed by atoms with Crippen LogP contribution in [0.3, 0.4) is 0 Å². The van der Waals surface area contributed by atoms with E-state index in [1.54, 1.807) is 0 Å². The van der Waals surface area contributed by atoms with E-state index in [1.807, 2.05) is 0 Å². The second-order valence-corrected chi connectivity index (χ2v) is 4.21. The summed E-state index contributed by atoms with van der Waals surface area (Å²) < 4.78 is 0. The van der Waals surface area contributed by atoms with E-state index in [0.717, 1.165) is 24.3 Å². The Kier molecular flexibility index (Phi) is 3.38. The van der Waals surface area contributed by atoms with Crippen molar-refractivity contribution in [3.05, 3.63) is 0 Å². The molecular formula is C10H21N. The first kappa shape index (κ1) is 9.05. The molecule has 0 aromatic carbocycles. The predicted octanol–water partition coefficient (Wildman–Crippen LogP) is 2.41. The summed E-state index contributed by atoms with van der Waals surface area (Å²) in [5.41, 5.74) is 5.66. The SMILES string of the molecule is CC1CCC(CN)CC[C@H]1C. The molecule has 2 unspecified atom stereocenters. The summed E-state index contributed by atoms with van der Waals surface area (Å²) in [6, 6.07) is 0. The molecular weight excluding hydrogens is 134 g/mol. The van der Waals surface area contributed by atoms with Crippen LogP contribution in [0.15, 0.2) is 0 Å². The largest absolute Gasteiger partial charge is 0.330 e. The van der Waals surface area contributed by atoms with Crippen LogP contribution in [0.2, 0.25) is 0 Å². The topological polar surface area (TPSA) is 26.0 Å². The Balaban J connectivity index is 2.38. The first-order chi connectivity index (χ1) is 5.24. The average molecular weight is 155 g/mol. The molecule has 1 fully saturated rings. The van der Waals surface area contributed by atoms with Crippen LogP contribution in [0, 0.1) is 17.8 Å². The Labute approximate surface area is 70.4 Å². The van der Waals surface area contributed by atoms with Crippen LogP contribution < -0.4 is 5.73 Å². The lowest BCUT2D eigenvalue weighted by Gasteiger charge is -2.14. The molecule has 1 aliphatic rings. The third-order valence-electron chi connectivity index (χ3n) is 3.37. The normalized spacial score (nSPS) is 40.1. The van der Waals surface area contributed by atoms with Gasteiger partial charge in [0.1, 0.15) is 0 Å². The lowest BCUT2D eigenvalue weighted by Crippen LogP contribution is -2.13. The van der Waals surface area contributed by atoms with Gasteiger partial charge in [0.2, 0.25) is 0 Å². The van der Waals surface area contributed by atoms with Gasteiger partial charge in [0.25, 0.3) is 0 Å². The zero-order chi connectivity index (χ0) is 8.27. The van der Waals surface area contributed by atoms with E-state index in [4.69, 9.17) is 5.73 Å². The molecule has 1 rings (SSSR count). The first-order valence-corrected chi connectivity index (χ1v) is 4.94. The summed E-state index contributed by atoms with van der Waals surface area (Å²) in [6.07, 6.45) is 5.51. The molecule has 0 spiro atoms. The number of rotatable bonds is 1. The van der Waals surface area contributed by atoms with Crippen molar-refractivity contribution >= 4 is 0 Å². The lowest BCUT2D eigenvalue weighted by molar-refractivity contribution is 0.367. The van der Waals surface area contributed by atoms with E-state index in [9.17, 15) is 0 Å². The summed E-state index contributed by atoms with van der Waals surface area (Å²) in [5, 5.41) is 0. The van der Waals surface area contributed by atoms with Crippen molar-refractivity contribution in [3.63, 3.8) is 0 Å². The van der Waals surface area contributed by atoms with Gasteiger partial charge in [-0.3, -0.25) is 0 Å². The van der Waals surface area contributed by atoms with Gasteiger partial charge >= 0.3 is 0 Å². The highest BCUT2D eigenvalue weighted by atomic mass is 14.5. The Hall–Kier alpha value is -0.0400. The van der Waals surface area contributed by atoms with Crippen LogP contribution in [-0.4, -0.2) is 6.54 Å². The highest BCUT2D eigenvalue weighted by Crippen LogP contribution is 2.30. The van der Waals surface area contributed by atoms with Crippen LogP contribution >= 0.6 is 0 Å². The van der Waals surface area contributed by atoms with Gasteiger partial charge in [-0.2, -0.15) is 0 Å². The molecule has 0 radical (unpaired) electrons. The third kappa shape index (κ3) is 2.48. The molecule has 0 aromatic rings. The molecule has 11 heavy (non-hydrogen) atoms. The van der Waals surface area contributed by atoms with Gasteiger partial charge in [-0.1, -0.05) is 26.7 Å². The molecule has 0 aromatic heterocycles. The molecule has 0 heterocycles. The summed E-state index contributed by atoms with van der Waals surface area (Å²) in [6.45, 7) is 5.66. The molecule has 66 valence electrons. The fourth-order valence-electron chi connectivity index (χ4n) is 1.95. The Morgan fingerprint density at radius 1 is 1.00 bits per heavy atom. The summed E-state index contributed by atoms with van der Waals surface area (Å²) in [5.74, 6) is 2.67. The predicted molar refractivity (Wildman–Crippen MR) is 49.3 cm³/mol. The van der Waals surface area contributed by atoms with E-state index in [0.29, 0.717) is 0 Å². The molecule has 1 nitrogen and oxygen atoms in total. The zero-order valence-corrected chi connectivity index (χ0v) is 7.84. The molecule has 0 amide bonds. The summed E-state index contributed by atoms with van der Waals surface area (Å²) >= 11 is 0. The van der Waals surface area contributed by atoms with Crippen LogP contribution in [0.5, 0.6) is 0 Å². The molecule has 0 saturated heterocycles. The van der Waals surface area contributed by atoms with Crippen molar-refractivity contribution in [2.75, 3.05) is 6.54 Å². The molecule has 1 heteroatoms. The van der Waals surface area contributed by atoms with Crippen molar-refractivity contribution in [1.82, 2.24) is 0 Å². The monoisotopic (exact) mass is 155 g/mol. The van der Waals surface area contributed by atoms with Crippen LogP contribution in [0.25, 0.3) is 0 Å². The van der Waals surface area contributed by atoms with Gasteiger partial charge in [0.15, 0.2) is 0 Å². The molecule has 2 N–H and O–H groups in total. The second-order valence-electron chi connectivity index (χ2n) is 4.21. The molecule has 1 saturated carbocycles. The minimum atomic E-state index is 0.822. The quantitative estimate of drug-likeness (QED) is 0.578.